The lowest BCUT2D eigenvalue weighted by molar-refractivity contribution is 0.0591. The summed E-state index contributed by atoms with van der Waals surface area (Å²) in [6, 6.07) is 13.1. The molecule has 2 aromatic rings. The van der Waals surface area contributed by atoms with Gasteiger partial charge in [0.15, 0.2) is 0 Å². The van der Waals surface area contributed by atoms with E-state index in [2.05, 4.69) is 35.2 Å². The SMILES string of the molecule is Cn1cc(C#N)cc1C(=O)N1CCC(N2CCc3ccccc3C2)CC1. The molecule has 0 spiro atoms. The maximum absolute atomic E-state index is 12.8. The Morgan fingerprint density at radius 1 is 1.15 bits per heavy atom. The van der Waals surface area contributed by atoms with E-state index in [1.165, 1.54) is 11.1 Å². The van der Waals surface area contributed by atoms with Crippen molar-refractivity contribution in [1.29, 1.82) is 5.26 Å². The molecule has 5 heteroatoms. The molecular formula is C21H24N4O. The van der Waals surface area contributed by atoms with Gasteiger partial charge in [0.2, 0.25) is 0 Å². The van der Waals surface area contributed by atoms with Gasteiger partial charge in [-0.15, -0.1) is 0 Å². The topological polar surface area (TPSA) is 52.3 Å². The molecule has 0 N–H and O–H groups in total. The quantitative estimate of drug-likeness (QED) is 0.838. The smallest absolute Gasteiger partial charge is 0.270 e. The van der Waals surface area contributed by atoms with Gasteiger partial charge < -0.3 is 9.47 Å². The van der Waals surface area contributed by atoms with E-state index in [1.807, 2.05) is 11.9 Å². The third-order valence-electron chi connectivity index (χ3n) is 5.78. The highest BCUT2D eigenvalue weighted by Gasteiger charge is 2.30. The van der Waals surface area contributed by atoms with Gasteiger partial charge in [-0.25, -0.2) is 0 Å². The van der Waals surface area contributed by atoms with Crippen LogP contribution in [0.1, 0.15) is 40.0 Å². The number of aromatic nitrogens is 1. The number of rotatable bonds is 2. The van der Waals surface area contributed by atoms with Crippen LogP contribution in [-0.4, -0.2) is 46.0 Å². The summed E-state index contributed by atoms with van der Waals surface area (Å²) in [5.74, 6) is 0.0384. The number of carbonyl (C=O) groups excluding carboxylic acids is 1. The summed E-state index contributed by atoms with van der Waals surface area (Å²) in [4.78, 5) is 17.3. The number of amides is 1. The maximum Gasteiger partial charge on any atom is 0.270 e. The number of hydrogen-bond donors (Lipinski definition) is 0. The highest BCUT2D eigenvalue weighted by Crippen LogP contribution is 2.25. The first-order chi connectivity index (χ1) is 12.7. The number of carbonyl (C=O) groups is 1. The van der Waals surface area contributed by atoms with Crippen LogP contribution < -0.4 is 0 Å². The number of nitriles is 1. The molecule has 0 saturated carbocycles. The average Bonchev–Trinajstić information content (AvgIpc) is 3.08. The van der Waals surface area contributed by atoms with Crippen LogP contribution in [0, 0.1) is 11.3 Å². The fourth-order valence-electron chi connectivity index (χ4n) is 4.26. The second-order valence-electron chi connectivity index (χ2n) is 7.35. The molecule has 2 aliphatic heterocycles. The zero-order chi connectivity index (χ0) is 18.1. The van der Waals surface area contributed by atoms with Gasteiger partial charge in [-0.1, -0.05) is 24.3 Å². The van der Waals surface area contributed by atoms with Crippen LogP contribution in [-0.2, 0) is 20.0 Å². The van der Waals surface area contributed by atoms with Crippen LogP contribution in [0.5, 0.6) is 0 Å². The molecule has 0 aliphatic carbocycles. The number of fused-ring (bicyclic) bond motifs is 1. The minimum atomic E-state index is 0.0384. The Morgan fingerprint density at radius 3 is 2.58 bits per heavy atom. The Hall–Kier alpha value is -2.58. The largest absolute Gasteiger partial charge is 0.345 e. The first kappa shape index (κ1) is 16.9. The van der Waals surface area contributed by atoms with E-state index in [0.717, 1.165) is 45.4 Å². The Balaban J connectivity index is 1.38. The van der Waals surface area contributed by atoms with Gasteiger partial charge in [0.05, 0.1) is 5.56 Å². The Kier molecular flexibility index (Phi) is 4.52. The maximum atomic E-state index is 12.8. The van der Waals surface area contributed by atoms with Crippen molar-refractivity contribution in [2.24, 2.45) is 7.05 Å². The predicted octanol–water partition coefficient (Wildman–Crippen LogP) is 2.56. The summed E-state index contributed by atoms with van der Waals surface area (Å²) >= 11 is 0. The number of nitrogens with zero attached hydrogens (tertiary/aromatic N) is 4. The molecule has 2 aliphatic rings. The zero-order valence-corrected chi connectivity index (χ0v) is 15.2. The highest BCUT2D eigenvalue weighted by atomic mass is 16.2. The molecule has 1 fully saturated rings. The van der Waals surface area contributed by atoms with Gasteiger partial charge in [0.25, 0.3) is 5.91 Å². The van der Waals surface area contributed by atoms with Crippen LogP contribution in [0.2, 0.25) is 0 Å². The molecule has 5 nitrogen and oxygen atoms in total. The van der Waals surface area contributed by atoms with Crippen molar-refractivity contribution >= 4 is 5.91 Å². The molecule has 0 atom stereocenters. The van der Waals surface area contributed by atoms with Crippen molar-refractivity contribution in [2.75, 3.05) is 19.6 Å². The lowest BCUT2D eigenvalue weighted by atomic mass is 9.95. The van der Waals surface area contributed by atoms with Crippen molar-refractivity contribution in [3.05, 3.63) is 58.9 Å². The second kappa shape index (κ2) is 6.97. The van der Waals surface area contributed by atoms with E-state index in [0.29, 0.717) is 17.3 Å². The van der Waals surface area contributed by atoms with E-state index in [-0.39, 0.29) is 5.91 Å². The Labute approximate surface area is 154 Å². The monoisotopic (exact) mass is 348 g/mol. The first-order valence-corrected chi connectivity index (χ1v) is 9.32. The molecule has 0 radical (unpaired) electrons. The lowest BCUT2D eigenvalue weighted by Crippen LogP contribution is -2.48. The molecule has 1 amide bonds. The summed E-state index contributed by atoms with van der Waals surface area (Å²) < 4.78 is 1.76. The third kappa shape index (κ3) is 3.13. The van der Waals surface area contributed by atoms with Crippen molar-refractivity contribution in [3.8, 4) is 6.07 Å². The predicted molar refractivity (Wildman–Crippen MR) is 99.6 cm³/mol. The van der Waals surface area contributed by atoms with Crippen LogP contribution in [0.4, 0.5) is 0 Å². The fourth-order valence-corrected chi connectivity index (χ4v) is 4.26. The molecule has 1 saturated heterocycles. The third-order valence-corrected chi connectivity index (χ3v) is 5.78. The van der Waals surface area contributed by atoms with Crippen LogP contribution in [0.15, 0.2) is 36.5 Å². The molecule has 0 unspecified atom stereocenters. The van der Waals surface area contributed by atoms with Gasteiger partial charge in [-0.2, -0.15) is 5.26 Å². The van der Waals surface area contributed by atoms with E-state index in [4.69, 9.17) is 5.26 Å². The van der Waals surface area contributed by atoms with Crippen molar-refractivity contribution in [1.82, 2.24) is 14.4 Å². The number of piperidine rings is 1. The number of hydrogen-bond acceptors (Lipinski definition) is 3. The van der Waals surface area contributed by atoms with Crippen LogP contribution in [0.3, 0.4) is 0 Å². The molecule has 0 bridgehead atoms. The van der Waals surface area contributed by atoms with Crippen molar-refractivity contribution in [3.63, 3.8) is 0 Å². The van der Waals surface area contributed by atoms with Gasteiger partial charge in [-0.3, -0.25) is 9.69 Å². The van der Waals surface area contributed by atoms with Crippen molar-refractivity contribution < 1.29 is 4.79 Å². The zero-order valence-electron chi connectivity index (χ0n) is 15.2. The molecular weight excluding hydrogens is 324 g/mol. The standard InChI is InChI=1S/C21H24N4O/c1-23-14-16(13-22)12-20(23)21(26)24-10-7-19(8-11-24)25-9-6-17-4-2-3-5-18(17)15-25/h2-5,12,14,19H,6-11,15H2,1H3. The molecule has 1 aromatic heterocycles. The second-order valence-corrected chi connectivity index (χ2v) is 7.35. The van der Waals surface area contributed by atoms with Crippen LogP contribution >= 0.6 is 0 Å². The molecule has 1 aromatic carbocycles. The minimum absolute atomic E-state index is 0.0384. The summed E-state index contributed by atoms with van der Waals surface area (Å²) in [5, 5.41) is 9.02. The normalized spacial score (nSPS) is 18.4. The number of likely N-dealkylation sites (tertiary alicyclic amines) is 1. The van der Waals surface area contributed by atoms with Gasteiger partial charge in [0.1, 0.15) is 11.8 Å². The summed E-state index contributed by atoms with van der Waals surface area (Å²) in [7, 11) is 1.83. The molecule has 4 rings (SSSR count). The summed E-state index contributed by atoms with van der Waals surface area (Å²) in [6.45, 7) is 3.71. The highest BCUT2D eigenvalue weighted by molar-refractivity contribution is 5.93. The fraction of sp³-hybridized carbons (Fsp3) is 0.429. The molecule has 3 heterocycles. The van der Waals surface area contributed by atoms with Gasteiger partial charge >= 0.3 is 0 Å². The number of aryl methyl sites for hydroxylation is 1. The number of benzene rings is 1. The first-order valence-electron chi connectivity index (χ1n) is 9.32. The minimum Gasteiger partial charge on any atom is -0.345 e. The van der Waals surface area contributed by atoms with Gasteiger partial charge in [-0.05, 0) is 36.5 Å². The summed E-state index contributed by atoms with van der Waals surface area (Å²) in [6.07, 6.45) is 4.87. The van der Waals surface area contributed by atoms with Gasteiger partial charge in [0, 0.05) is 45.5 Å². The van der Waals surface area contributed by atoms with E-state index < -0.39 is 0 Å². The summed E-state index contributed by atoms with van der Waals surface area (Å²) in [5.41, 5.74) is 4.07. The Morgan fingerprint density at radius 2 is 1.88 bits per heavy atom. The van der Waals surface area contributed by atoms with E-state index >= 15 is 0 Å². The van der Waals surface area contributed by atoms with Crippen LogP contribution in [0.25, 0.3) is 0 Å². The molecule has 134 valence electrons. The molecule has 26 heavy (non-hydrogen) atoms. The van der Waals surface area contributed by atoms with Crippen molar-refractivity contribution in [2.45, 2.75) is 31.8 Å². The average molecular weight is 348 g/mol. The van der Waals surface area contributed by atoms with E-state index in [1.54, 1.807) is 16.8 Å². The van der Waals surface area contributed by atoms with E-state index in [9.17, 15) is 4.79 Å². The lowest BCUT2D eigenvalue weighted by Gasteiger charge is -2.40. The Bertz CT molecular complexity index is 855.